The van der Waals surface area contributed by atoms with Crippen molar-refractivity contribution in [1.82, 2.24) is 0 Å². The summed E-state index contributed by atoms with van der Waals surface area (Å²) in [6, 6.07) is 5.77. The molecule has 0 atom stereocenters. The molecule has 94 valence electrons. The van der Waals surface area contributed by atoms with Crippen LogP contribution in [0.4, 0.5) is 10.5 Å². The van der Waals surface area contributed by atoms with Crippen molar-refractivity contribution in [2.45, 2.75) is 33.3 Å². The van der Waals surface area contributed by atoms with Gasteiger partial charge in [0, 0.05) is 17.2 Å². The predicted molar refractivity (Wildman–Crippen MR) is 73.5 cm³/mol. The Balaban J connectivity index is 2.89. The number of nitrogens with zero attached hydrogens (tertiary/aromatic N) is 1. The maximum Gasteiger partial charge on any atom is 0.414 e. The number of anilines is 1. The van der Waals surface area contributed by atoms with Crippen LogP contribution >= 0.6 is 15.9 Å². The summed E-state index contributed by atoms with van der Waals surface area (Å²) >= 11 is 3.40. The molecule has 0 aromatic heterocycles. The van der Waals surface area contributed by atoms with Crippen LogP contribution in [-0.2, 0) is 4.74 Å². The van der Waals surface area contributed by atoms with Crippen LogP contribution < -0.4 is 4.90 Å². The zero-order valence-corrected chi connectivity index (χ0v) is 12.5. The van der Waals surface area contributed by atoms with E-state index >= 15 is 0 Å². The molecule has 0 saturated carbocycles. The molecule has 1 amide bonds. The molecule has 0 unspecified atom stereocenters. The third kappa shape index (κ3) is 4.04. The highest BCUT2D eigenvalue weighted by molar-refractivity contribution is 9.10. The van der Waals surface area contributed by atoms with Gasteiger partial charge in [0.25, 0.3) is 0 Å². The van der Waals surface area contributed by atoms with E-state index in [2.05, 4.69) is 15.9 Å². The molecule has 0 radical (unpaired) electrons. The topological polar surface area (TPSA) is 29.5 Å². The van der Waals surface area contributed by atoms with Crippen molar-refractivity contribution >= 4 is 27.7 Å². The van der Waals surface area contributed by atoms with Crippen LogP contribution in [-0.4, -0.2) is 18.7 Å². The number of ether oxygens (including phenoxy) is 1. The van der Waals surface area contributed by atoms with Gasteiger partial charge in [-0.3, -0.25) is 4.90 Å². The average molecular weight is 300 g/mol. The van der Waals surface area contributed by atoms with E-state index in [-0.39, 0.29) is 6.09 Å². The number of aryl methyl sites for hydroxylation is 1. The van der Waals surface area contributed by atoms with E-state index in [1.54, 1.807) is 7.05 Å². The monoisotopic (exact) mass is 299 g/mol. The lowest BCUT2D eigenvalue weighted by Gasteiger charge is -2.25. The first-order valence-electron chi connectivity index (χ1n) is 5.43. The van der Waals surface area contributed by atoms with Gasteiger partial charge >= 0.3 is 6.09 Å². The molecule has 1 aromatic rings. The molecule has 0 spiro atoms. The van der Waals surface area contributed by atoms with E-state index in [1.807, 2.05) is 45.9 Å². The number of hydrogen-bond donors (Lipinski definition) is 0. The Hall–Kier alpha value is -1.03. The highest BCUT2D eigenvalue weighted by atomic mass is 79.9. The van der Waals surface area contributed by atoms with E-state index in [0.29, 0.717) is 0 Å². The van der Waals surface area contributed by atoms with Gasteiger partial charge in [0.1, 0.15) is 5.60 Å². The fraction of sp³-hybridized carbons (Fsp3) is 0.462. The van der Waals surface area contributed by atoms with Gasteiger partial charge in [0.05, 0.1) is 0 Å². The van der Waals surface area contributed by atoms with Gasteiger partial charge in [-0.25, -0.2) is 4.79 Å². The first-order valence-corrected chi connectivity index (χ1v) is 6.23. The molecular formula is C13H18BrNO2. The summed E-state index contributed by atoms with van der Waals surface area (Å²) in [7, 11) is 1.71. The molecule has 0 heterocycles. The molecule has 0 aliphatic heterocycles. The zero-order valence-electron chi connectivity index (χ0n) is 10.9. The molecule has 3 nitrogen and oxygen atoms in total. The lowest BCUT2D eigenvalue weighted by Crippen LogP contribution is -2.34. The maximum atomic E-state index is 11.9. The van der Waals surface area contributed by atoms with Gasteiger partial charge in [-0.05, 0) is 51.5 Å². The molecule has 0 aliphatic carbocycles. The van der Waals surface area contributed by atoms with Crippen molar-refractivity contribution < 1.29 is 9.53 Å². The SMILES string of the molecule is Cc1cc(Br)ccc1N(C)C(=O)OC(C)(C)C. The van der Waals surface area contributed by atoms with E-state index in [1.165, 1.54) is 4.90 Å². The van der Waals surface area contributed by atoms with Gasteiger partial charge in [-0.2, -0.15) is 0 Å². The molecule has 0 aliphatic rings. The number of amides is 1. The van der Waals surface area contributed by atoms with Gasteiger partial charge in [-0.15, -0.1) is 0 Å². The molecule has 0 saturated heterocycles. The fourth-order valence-corrected chi connectivity index (χ4v) is 1.90. The summed E-state index contributed by atoms with van der Waals surface area (Å²) in [5.41, 5.74) is 1.39. The van der Waals surface area contributed by atoms with E-state index in [9.17, 15) is 4.79 Å². The molecule has 1 rings (SSSR count). The van der Waals surface area contributed by atoms with Crippen molar-refractivity contribution in [3.8, 4) is 0 Å². The number of rotatable bonds is 1. The van der Waals surface area contributed by atoms with E-state index in [0.717, 1.165) is 15.7 Å². The number of carbonyl (C=O) groups excluding carboxylic acids is 1. The second kappa shape index (κ2) is 5.08. The maximum absolute atomic E-state index is 11.9. The van der Waals surface area contributed by atoms with Crippen LogP contribution in [0.3, 0.4) is 0 Å². The van der Waals surface area contributed by atoms with Crippen molar-refractivity contribution in [3.63, 3.8) is 0 Å². The first-order chi connectivity index (χ1) is 7.70. The Morgan fingerprint density at radius 3 is 2.41 bits per heavy atom. The van der Waals surface area contributed by atoms with Crippen molar-refractivity contribution in [2.75, 3.05) is 11.9 Å². The average Bonchev–Trinajstić information content (AvgIpc) is 2.14. The predicted octanol–water partition coefficient (Wildman–Crippen LogP) is 4.13. The minimum absolute atomic E-state index is 0.345. The molecule has 0 N–H and O–H groups in total. The molecule has 17 heavy (non-hydrogen) atoms. The van der Waals surface area contributed by atoms with Crippen molar-refractivity contribution in [3.05, 3.63) is 28.2 Å². The standard InChI is InChI=1S/C13H18BrNO2/c1-9-8-10(14)6-7-11(9)15(5)12(16)17-13(2,3)4/h6-8H,1-5H3. The lowest BCUT2D eigenvalue weighted by atomic mass is 10.2. The van der Waals surface area contributed by atoms with Crippen LogP contribution in [0.2, 0.25) is 0 Å². The van der Waals surface area contributed by atoms with E-state index in [4.69, 9.17) is 4.74 Å². The summed E-state index contributed by atoms with van der Waals surface area (Å²) in [6.07, 6.45) is -0.345. The first kappa shape index (κ1) is 14.0. The minimum Gasteiger partial charge on any atom is -0.443 e. The lowest BCUT2D eigenvalue weighted by molar-refractivity contribution is 0.0589. The van der Waals surface area contributed by atoms with Crippen LogP contribution in [0.25, 0.3) is 0 Å². The number of halogens is 1. The Morgan fingerprint density at radius 1 is 1.35 bits per heavy atom. The third-order valence-electron chi connectivity index (χ3n) is 2.19. The van der Waals surface area contributed by atoms with E-state index < -0.39 is 5.60 Å². The van der Waals surface area contributed by atoms with Crippen molar-refractivity contribution in [2.24, 2.45) is 0 Å². The van der Waals surface area contributed by atoms with Crippen LogP contribution in [0.1, 0.15) is 26.3 Å². The van der Waals surface area contributed by atoms with Gasteiger partial charge in [0.2, 0.25) is 0 Å². The summed E-state index contributed by atoms with van der Waals surface area (Å²) < 4.78 is 6.31. The zero-order chi connectivity index (χ0) is 13.2. The second-order valence-electron chi connectivity index (χ2n) is 4.97. The smallest absolute Gasteiger partial charge is 0.414 e. The van der Waals surface area contributed by atoms with Crippen LogP contribution in [0.5, 0.6) is 0 Å². The van der Waals surface area contributed by atoms with Gasteiger partial charge in [0.15, 0.2) is 0 Å². The van der Waals surface area contributed by atoms with Crippen molar-refractivity contribution in [1.29, 1.82) is 0 Å². The van der Waals surface area contributed by atoms with Gasteiger partial charge < -0.3 is 4.74 Å². The highest BCUT2D eigenvalue weighted by Crippen LogP contribution is 2.24. The quantitative estimate of drug-likeness (QED) is 0.780. The van der Waals surface area contributed by atoms with Crippen LogP contribution in [0.15, 0.2) is 22.7 Å². The van der Waals surface area contributed by atoms with Gasteiger partial charge in [-0.1, -0.05) is 15.9 Å². The Bertz CT molecular complexity index is 424. The fourth-order valence-electron chi connectivity index (χ4n) is 1.42. The summed E-state index contributed by atoms with van der Waals surface area (Å²) in [6.45, 7) is 7.52. The second-order valence-corrected chi connectivity index (χ2v) is 5.89. The summed E-state index contributed by atoms with van der Waals surface area (Å²) in [4.78, 5) is 13.4. The Kier molecular flexibility index (Phi) is 4.20. The third-order valence-corrected chi connectivity index (χ3v) is 2.68. The summed E-state index contributed by atoms with van der Waals surface area (Å²) in [5.74, 6) is 0. The Morgan fingerprint density at radius 2 is 1.94 bits per heavy atom. The molecule has 1 aromatic carbocycles. The summed E-state index contributed by atoms with van der Waals surface area (Å²) in [5, 5.41) is 0. The number of carbonyl (C=O) groups is 1. The Labute approximate surface area is 111 Å². The van der Waals surface area contributed by atoms with Crippen LogP contribution in [0, 0.1) is 6.92 Å². The highest BCUT2D eigenvalue weighted by Gasteiger charge is 2.21. The molecular weight excluding hydrogens is 282 g/mol. The number of benzene rings is 1. The number of hydrogen-bond acceptors (Lipinski definition) is 2. The normalized spacial score (nSPS) is 11.2. The minimum atomic E-state index is -0.478. The molecule has 4 heteroatoms. The molecule has 0 fully saturated rings. The largest absolute Gasteiger partial charge is 0.443 e. The molecule has 0 bridgehead atoms.